The molecular formula is C6H6N4O. The van der Waals surface area contributed by atoms with Gasteiger partial charge in [-0.3, -0.25) is 0 Å². The van der Waals surface area contributed by atoms with E-state index in [0.29, 0.717) is 22.4 Å². The summed E-state index contributed by atoms with van der Waals surface area (Å²) < 4.78 is 4.47. The van der Waals surface area contributed by atoms with Gasteiger partial charge in [0.2, 0.25) is 0 Å². The summed E-state index contributed by atoms with van der Waals surface area (Å²) in [6.45, 7) is 0. The standard InChI is InChI=1S/C6H6N4O/c7-3-1-2-4-6(5(3)8)10-11-9-4/h1-2H,7-8H2. The molecule has 0 aliphatic rings. The van der Waals surface area contributed by atoms with Gasteiger partial charge in [0.1, 0.15) is 5.52 Å². The van der Waals surface area contributed by atoms with Gasteiger partial charge in [0.25, 0.3) is 0 Å². The van der Waals surface area contributed by atoms with E-state index in [0.717, 1.165) is 0 Å². The maximum atomic E-state index is 5.58. The molecule has 1 aromatic carbocycles. The minimum atomic E-state index is 0.420. The van der Waals surface area contributed by atoms with Crippen molar-refractivity contribution in [1.82, 2.24) is 10.3 Å². The van der Waals surface area contributed by atoms with Crippen molar-refractivity contribution in [3.05, 3.63) is 12.1 Å². The lowest BCUT2D eigenvalue weighted by Crippen LogP contribution is -1.94. The maximum Gasteiger partial charge on any atom is 0.160 e. The van der Waals surface area contributed by atoms with E-state index >= 15 is 0 Å². The zero-order valence-electron chi connectivity index (χ0n) is 5.61. The Labute approximate surface area is 61.9 Å². The molecule has 0 amide bonds. The maximum absolute atomic E-state index is 5.58. The van der Waals surface area contributed by atoms with Gasteiger partial charge in [-0.1, -0.05) is 0 Å². The van der Waals surface area contributed by atoms with Crippen molar-refractivity contribution >= 4 is 22.4 Å². The van der Waals surface area contributed by atoms with Crippen molar-refractivity contribution in [1.29, 1.82) is 0 Å². The first-order valence-corrected chi connectivity index (χ1v) is 3.05. The molecule has 2 rings (SSSR count). The molecule has 0 unspecified atom stereocenters. The van der Waals surface area contributed by atoms with E-state index in [2.05, 4.69) is 14.9 Å². The molecule has 0 spiro atoms. The first-order chi connectivity index (χ1) is 5.29. The quantitative estimate of drug-likeness (QED) is 0.530. The summed E-state index contributed by atoms with van der Waals surface area (Å²) in [6.07, 6.45) is 0. The van der Waals surface area contributed by atoms with Gasteiger partial charge in [-0.2, -0.15) is 0 Å². The van der Waals surface area contributed by atoms with Gasteiger partial charge in [0.05, 0.1) is 11.4 Å². The predicted octanol–water partition coefficient (Wildman–Crippen LogP) is 0.387. The van der Waals surface area contributed by atoms with Crippen LogP contribution in [0.15, 0.2) is 16.8 Å². The van der Waals surface area contributed by atoms with Crippen LogP contribution in [0.2, 0.25) is 0 Å². The van der Waals surface area contributed by atoms with Crippen LogP contribution in [-0.2, 0) is 0 Å². The minimum absolute atomic E-state index is 0.420. The number of hydrogen-bond acceptors (Lipinski definition) is 5. The summed E-state index contributed by atoms with van der Waals surface area (Å²) in [5.41, 5.74) is 13.1. The van der Waals surface area contributed by atoms with E-state index in [1.807, 2.05) is 0 Å². The molecule has 5 nitrogen and oxygen atoms in total. The SMILES string of the molecule is Nc1ccc2nonc2c1N. The average Bonchev–Trinajstić information content (AvgIpc) is 2.45. The number of fused-ring (bicyclic) bond motifs is 1. The zero-order chi connectivity index (χ0) is 7.84. The number of rotatable bonds is 0. The molecule has 11 heavy (non-hydrogen) atoms. The van der Waals surface area contributed by atoms with Crippen LogP contribution in [0, 0.1) is 0 Å². The largest absolute Gasteiger partial charge is 0.397 e. The van der Waals surface area contributed by atoms with Crippen LogP contribution in [0.4, 0.5) is 11.4 Å². The third-order valence-electron chi connectivity index (χ3n) is 1.50. The Morgan fingerprint density at radius 3 is 2.82 bits per heavy atom. The highest BCUT2D eigenvalue weighted by Crippen LogP contribution is 2.22. The molecule has 2 aromatic rings. The Kier molecular flexibility index (Phi) is 1.00. The second-order valence-electron chi connectivity index (χ2n) is 2.20. The van der Waals surface area contributed by atoms with Crippen molar-refractivity contribution in [2.75, 3.05) is 11.5 Å². The summed E-state index contributed by atoms with van der Waals surface area (Å²) in [6, 6.07) is 3.37. The van der Waals surface area contributed by atoms with Crippen LogP contribution in [0.1, 0.15) is 0 Å². The van der Waals surface area contributed by atoms with Crippen LogP contribution in [0.25, 0.3) is 11.0 Å². The van der Waals surface area contributed by atoms with Crippen molar-refractivity contribution < 1.29 is 4.63 Å². The van der Waals surface area contributed by atoms with Crippen LogP contribution in [-0.4, -0.2) is 10.3 Å². The summed E-state index contributed by atoms with van der Waals surface area (Å²) in [5, 5.41) is 7.19. The first-order valence-electron chi connectivity index (χ1n) is 3.05. The third-order valence-corrected chi connectivity index (χ3v) is 1.50. The highest BCUT2D eigenvalue weighted by atomic mass is 16.6. The van der Waals surface area contributed by atoms with Crippen LogP contribution >= 0.6 is 0 Å². The van der Waals surface area contributed by atoms with Crippen molar-refractivity contribution in [2.24, 2.45) is 0 Å². The molecule has 5 heteroatoms. The van der Waals surface area contributed by atoms with E-state index in [9.17, 15) is 0 Å². The van der Waals surface area contributed by atoms with Gasteiger partial charge in [0.15, 0.2) is 5.52 Å². The summed E-state index contributed by atoms with van der Waals surface area (Å²) in [7, 11) is 0. The van der Waals surface area contributed by atoms with E-state index in [-0.39, 0.29) is 0 Å². The molecule has 0 radical (unpaired) electrons. The van der Waals surface area contributed by atoms with Gasteiger partial charge in [-0.15, -0.1) is 0 Å². The average molecular weight is 150 g/mol. The van der Waals surface area contributed by atoms with Crippen molar-refractivity contribution in [3.63, 3.8) is 0 Å². The highest BCUT2D eigenvalue weighted by Gasteiger charge is 2.05. The predicted molar refractivity (Wildman–Crippen MR) is 40.6 cm³/mol. The van der Waals surface area contributed by atoms with Gasteiger partial charge >= 0.3 is 0 Å². The fraction of sp³-hybridized carbons (Fsp3) is 0. The number of benzene rings is 1. The van der Waals surface area contributed by atoms with Gasteiger partial charge in [0, 0.05) is 0 Å². The van der Waals surface area contributed by atoms with Gasteiger partial charge in [-0.05, 0) is 22.4 Å². The second-order valence-corrected chi connectivity index (χ2v) is 2.20. The number of anilines is 2. The molecule has 0 aliphatic heterocycles. The summed E-state index contributed by atoms with van der Waals surface area (Å²) >= 11 is 0. The number of hydrogen-bond donors (Lipinski definition) is 2. The third kappa shape index (κ3) is 0.706. The zero-order valence-corrected chi connectivity index (χ0v) is 5.61. The fourth-order valence-electron chi connectivity index (χ4n) is 0.887. The summed E-state index contributed by atoms with van der Waals surface area (Å²) in [5.74, 6) is 0. The Bertz CT molecular complexity index is 394. The number of nitrogen functional groups attached to an aromatic ring is 2. The van der Waals surface area contributed by atoms with Crippen LogP contribution in [0.3, 0.4) is 0 Å². The molecule has 0 aliphatic carbocycles. The first kappa shape index (κ1) is 5.96. The highest BCUT2D eigenvalue weighted by molar-refractivity contribution is 5.92. The molecule has 0 saturated heterocycles. The lowest BCUT2D eigenvalue weighted by molar-refractivity contribution is 0.315. The monoisotopic (exact) mass is 150 g/mol. The van der Waals surface area contributed by atoms with Crippen LogP contribution in [0.5, 0.6) is 0 Å². The molecule has 0 fully saturated rings. The lowest BCUT2D eigenvalue weighted by Gasteiger charge is -1.95. The van der Waals surface area contributed by atoms with E-state index in [1.54, 1.807) is 12.1 Å². The molecule has 0 atom stereocenters. The molecule has 0 saturated carbocycles. The normalized spacial score (nSPS) is 10.5. The summed E-state index contributed by atoms with van der Waals surface area (Å²) in [4.78, 5) is 0. The molecule has 4 N–H and O–H groups in total. The molecule has 56 valence electrons. The number of aromatic nitrogens is 2. The van der Waals surface area contributed by atoms with E-state index in [4.69, 9.17) is 11.5 Å². The Hall–Kier alpha value is -1.78. The van der Waals surface area contributed by atoms with Crippen molar-refractivity contribution in [3.8, 4) is 0 Å². The number of nitrogens with zero attached hydrogens (tertiary/aromatic N) is 2. The topological polar surface area (TPSA) is 91.0 Å². The van der Waals surface area contributed by atoms with Crippen molar-refractivity contribution in [2.45, 2.75) is 0 Å². The minimum Gasteiger partial charge on any atom is -0.397 e. The molecular weight excluding hydrogens is 144 g/mol. The molecule has 1 aromatic heterocycles. The fourth-order valence-corrected chi connectivity index (χ4v) is 0.887. The molecule has 1 heterocycles. The van der Waals surface area contributed by atoms with Crippen LogP contribution < -0.4 is 11.5 Å². The van der Waals surface area contributed by atoms with E-state index < -0.39 is 0 Å². The van der Waals surface area contributed by atoms with E-state index in [1.165, 1.54) is 0 Å². The Morgan fingerprint density at radius 1 is 1.18 bits per heavy atom. The Morgan fingerprint density at radius 2 is 2.00 bits per heavy atom. The second kappa shape index (κ2) is 1.85. The lowest BCUT2D eigenvalue weighted by atomic mass is 10.2. The number of nitrogens with two attached hydrogens (primary N) is 2. The van der Waals surface area contributed by atoms with Gasteiger partial charge in [-0.25, -0.2) is 4.63 Å². The Balaban J connectivity index is 2.93. The smallest absolute Gasteiger partial charge is 0.160 e. The van der Waals surface area contributed by atoms with Gasteiger partial charge < -0.3 is 11.5 Å². The molecule has 0 bridgehead atoms.